The Bertz CT molecular complexity index is 405. The largest absolute Gasteiger partial charge is 0.344 e. The van der Waals surface area contributed by atoms with E-state index in [0.29, 0.717) is 11.8 Å². The maximum atomic E-state index is 12.1. The Morgan fingerprint density at radius 1 is 1.47 bits per heavy atom. The number of fused-ring (bicyclic) bond motifs is 1. The topological polar surface area (TPSA) is 29.1 Å². The second-order valence-electron chi connectivity index (χ2n) is 4.69. The molecule has 1 aromatic heterocycles. The van der Waals surface area contributed by atoms with Crippen LogP contribution in [0.3, 0.4) is 0 Å². The van der Waals surface area contributed by atoms with Gasteiger partial charge in [-0.05, 0) is 37.8 Å². The summed E-state index contributed by atoms with van der Waals surface area (Å²) in [6.45, 7) is 1.85. The van der Waals surface area contributed by atoms with Crippen molar-refractivity contribution in [3.05, 3.63) is 21.4 Å². The molecule has 5 heteroatoms. The van der Waals surface area contributed by atoms with Crippen LogP contribution in [0.25, 0.3) is 0 Å². The third kappa shape index (κ3) is 2.78. The highest BCUT2D eigenvalue weighted by molar-refractivity contribution is 7.14. The minimum atomic E-state index is -0.533. The Morgan fingerprint density at radius 2 is 2.18 bits per heavy atom. The fourth-order valence-electron chi connectivity index (χ4n) is 1.88. The number of nitrogens with one attached hydrogen (secondary N) is 1. The highest BCUT2D eigenvalue weighted by atomic mass is 35.5. The fraction of sp³-hybridized carbons (Fsp3) is 0.583. The number of halogens is 2. The molecule has 0 saturated carbocycles. The summed E-state index contributed by atoms with van der Waals surface area (Å²) in [6, 6.07) is 2.01. The molecule has 0 unspecified atom stereocenters. The van der Waals surface area contributed by atoms with E-state index >= 15 is 0 Å². The van der Waals surface area contributed by atoms with E-state index in [-0.39, 0.29) is 5.91 Å². The number of amides is 1. The molecule has 1 amide bonds. The lowest BCUT2D eigenvalue weighted by atomic mass is 10.1. The summed E-state index contributed by atoms with van der Waals surface area (Å²) in [5, 5.41) is 2.91. The van der Waals surface area contributed by atoms with Crippen LogP contribution in [0.1, 0.15) is 33.5 Å². The summed E-state index contributed by atoms with van der Waals surface area (Å²) in [4.78, 5) is 14.2. The van der Waals surface area contributed by atoms with Crippen molar-refractivity contribution in [3.63, 3.8) is 0 Å². The quantitative estimate of drug-likeness (QED) is 0.848. The zero-order valence-corrected chi connectivity index (χ0v) is 12.0. The van der Waals surface area contributed by atoms with Crippen LogP contribution >= 0.6 is 34.5 Å². The molecule has 0 radical (unpaired) electrons. The third-order valence-electron chi connectivity index (χ3n) is 2.98. The fourth-order valence-corrected chi connectivity index (χ4v) is 3.45. The molecule has 17 heavy (non-hydrogen) atoms. The van der Waals surface area contributed by atoms with Crippen molar-refractivity contribution in [1.82, 2.24) is 5.32 Å². The lowest BCUT2D eigenvalue weighted by Crippen LogP contribution is -2.49. The second kappa shape index (κ2) is 5.17. The van der Waals surface area contributed by atoms with Gasteiger partial charge in [-0.15, -0.1) is 34.5 Å². The molecule has 0 saturated heterocycles. The van der Waals surface area contributed by atoms with Crippen molar-refractivity contribution >= 4 is 40.4 Å². The minimum absolute atomic E-state index is 0.0619. The smallest absolute Gasteiger partial charge is 0.261 e. The first-order valence-corrected chi connectivity index (χ1v) is 7.52. The predicted molar refractivity (Wildman–Crippen MR) is 73.7 cm³/mol. The zero-order valence-electron chi connectivity index (χ0n) is 9.69. The van der Waals surface area contributed by atoms with Crippen molar-refractivity contribution < 1.29 is 4.79 Å². The van der Waals surface area contributed by atoms with Gasteiger partial charge in [0.05, 0.1) is 10.4 Å². The zero-order chi connectivity index (χ0) is 12.5. The molecule has 0 aliphatic heterocycles. The normalized spacial score (nSPS) is 14.8. The van der Waals surface area contributed by atoms with Crippen molar-refractivity contribution in [2.75, 3.05) is 11.8 Å². The predicted octanol–water partition coefficient (Wildman–Crippen LogP) is 3.20. The Labute approximate surface area is 115 Å². The summed E-state index contributed by atoms with van der Waals surface area (Å²) in [7, 11) is 0. The molecule has 0 atom stereocenters. The van der Waals surface area contributed by atoms with Gasteiger partial charge in [0.2, 0.25) is 0 Å². The molecule has 0 bridgehead atoms. The van der Waals surface area contributed by atoms with Crippen molar-refractivity contribution in [2.24, 2.45) is 0 Å². The maximum Gasteiger partial charge on any atom is 0.261 e. The monoisotopic (exact) mass is 291 g/mol. The van der Waals surface area contributed by atoms with Crippen LogP contribution < -0.4 is 5.32 Å². The molecule has 94 valence electrons. The Kier molecular flexibility index (Phi) is 4.01. The van der Waals surface area contributed by atoms with Gasteiger partial charge in [-0.3, -0.25) is 4.79 Å². The Hall–Kier alpha value is -0.250. The molecule has 0 spiro atoms. The molecule has 0 fully saturated rings. The molecular weight excluding hydrogens is 277 g/mol. The van der Waals surface area contributed by atoms with Crippen molar-refractivity contribution in [1.29, 1.82) is 0 Å². The van der Waals surface area contributed by atoms with Crippen LogP contribution in [0.4, 0.5) is 0 Å². The molecule has 0 aromatic carbocycles. The number of rotatable bonds is 4. The van der Waals surface area contributed by atoms with Gasteiger partial charge in [0.1, 0.15) is 0 Å². The van der Waals surface area contributed by atoms with Gasteiger partial charge in [0.15, 0.2) is 0 Å². The van der Waals surface area contributed by atoms with Crippen LogP contribution in [0, 0.1) is 0 Å². The van der Waals surface area contributed by atoms with E-state index in [9.17, 15) is 4.79 Å². The van der Waals surface area contributed by atoms with E-state index in [1.54, 1.807) is 11.3 Å². The molecular formula is C12H15Cl2NOS. The van der Waals surface area contributed by atoms with Crippen molar-refractivity contribution in [3.8, 4) is 0 Å². The molecule has 1 N–H and O–H groups in total. The molecule has 1 heterocycles. The minimum Gasteiger partial charge on any atom is -0.344 e. The van der Waals surface area contributed by atoms with Crippen LogP contribution in [0.5, 0.6) is 0 Å². The van der Waals surface area contributed by atoms with Gasteiger partial charge in [-0.25, -0.2) is 0 Å². The standard InChI is InChI=1S/C12H15Cl2NOS/c1-12(6-13,7-14)15-11(16)10-5-8-3-2-4-9(8)17-10/h5H,2-4,6-7H2,1H3,(H,15,16). The SMILES string of the molecule is CC(CCl)(CCl)NC(=O)c1cc2c(s1)CCC2. The average molecular weight is 292 g/mol. The van der Waals surface area contributed by atoms with E-state index in [0.717, 1.165) is 17.7 Å². The van der Waals surface area contributed by atoms with Crippen LogP contribution in [0.2, 0.25) is 0 Å². The van der Waals surface area contributed by atoms with Crippen LogP contribution in [-0.2, 0) is 12.8 Å². The number of aryl methyl sites for hydroxylation is 2. The number of hydrogen-bond acceptors (Lipinski definition) is 2. The van der Waals surface area contributed by atoms with Gasteiger partial charge in [-0.2, -0.15) is 0 Å². The molecule has 2 rings (SSSR count). The van der Waals surface area contributed by atoms with Gasteiger partial charge in [-0.1, -0.05) is 0 Å². The first kappa shape index (κ1) is 13.2. The number of alkyl halides is 2. The maximum absolute atomic E-state index is 12.1. The summed E-state index contributed by atoms with van der Waals surface area (Å²) >= 11 is 13.2. The summed E-state index contributed by atoms with van der Waals surface area (Å²) < 4.78 is 0. The van der Waals surface area contributed by atoms with E-state index in [2.05, 4.69) is 5.32 Å². The van der Waals surface area contributed by atoms with Crippen LogP contribution in [-0.4, -0.2) is 23.2 Å². The number of thiophene rings is 1. The second-order valence-corrected chi connectivity index (χ2v) is 6.37. The van der Waals surface area contributed by atoms with E-state index in [4.69, 9.17) is 23.2 Å². The van der Waals surface area contributed by atoms with Gasteiger partial charge >= 0.3 is 0 Å². The summed E-state index contributed by atoms with van der Waals surface area (Å²) in [6.07, 6.45) is 3.42. The lowest BCUT2D eigenvalue weighted by molar-refractivity contribution is 0.0925. The average Bonchev–Trinajstić information content (AvgIpc) is 2.88. The van der Waals surface area contributed by atoms with Crippen LogP contribution in [0.15, 0.2) is 6.07 Å². The van der Waals surface area contributed by atoms with Gasteiger partial charge in [0.25, 0.3) is 5.91 Å². The van der Waals surface area contributed by atoms with E-state index in [1.807, 2.05) is 13.0 Å². The van der Waals surface area contributed by atoms with Gasteiger partial charge in [0, 0.05) is 16.6 Å². The summed E-state index contributed by atoms with van der Waals surface area (Å²) in [5.41, 5.74) is 0.799. The molecule has 1 aliphatic rings. The van der Waals surface area contributed by atoms with Crippen molar-refractivity contribution in [2.45, 2.75) is 31.7 Å². The first-order valence-electron chi connectivity index (χ1n) is 5.64. The molecule has 1 aliphatic carbocycles. The number of carbonyl (C=O) groups excluding carboxylic acids is 1. The molecule has 2 nitrogen and oxygen atoms in total. The Morgan fingerprint density at radius 3 is 2.76 bits per heavy atom. The lowest BCUT2D eigenvalue weighted by Gasteiger charge is -2.25. The highest BCUT2D eigenvalue weighted by Crippen LogP contribution is 2.30. The van der Waals surface area contributed by atoms with E-state index in [1.165, 1.54) is 16.9 Å². The Balaban J connectivity index is 2.09. The third-order valence-corrected chi connectivity index (χ3v) is 5.39. The highest BCUT2D eigenvalue weighted by Gasteiger charge is 2.26. The number of hydrogen-bond donors (Lipinski definition) is 1. The number of carbonyl (C=O) groups is 1. The first-order chi connectivity index (χ1) is 8.08. The molecule has 1 aromatic rings. The summed E-state index contributed by atoms with van der Waals surface area (Å²) in [5.74, 6) is 0.564. The van der Waals surface area contributed by atoms with Gasteiger partial charge < -0.3 is 5.32 Å². The van der Waals surface area contributed by atoms with E-state index < -0.39 is 5.54 Å².